The molecule has 0 saturated heterocycles. The summed E-state index contributed by atoms with van der Waals surface area (Å²) in [7, 11) is 1.58. The second kappa shape index (κ2) is 9.61. The third-order valence-corrected chi connectivity index (χ3v) is 5.51. The number of carbonyl (C=O) groups is 1. The maximum absolute atomic E-state index is 12.4. The first-order valence-corrected chi connectivity index (χ1v) is 10.2. The third kappa shape index (κ3) is 4.85. The van der Waals surface area contributed by atoms with Gasteiger partial charge in [0.1, 0.15) is 17.0 Å². The summed E-state index contributed by atoms with van der Waals surface area (Å²) in [6.45, 7) is 2.79. The van der Waals surface area contributed by atoms with Gasteiger partial charge in [-0.15, -0.1) is 0 Å². The van der Waals surface area contributed by atoms with Crippen molar-refractivity contribution in [2.24, 2.45) is 0 Å². The van der Waals surface area contributed by atoms with Crippen LogP contribution in [-0.4, -0.2) is 24.6 Å². The fourth-order valence-electron chi connectivity index (χ4n) is 2.62. The first kappa shape index (κ1) is 20.2. The number of thiazole rings is 1. The van der Waals surface area contributed by atoms with Crippen molar-refractivity contribution >= 4 is 44.2 Å². The van der Waals surface area contributed by atoms with Crippen molar-refractivity contribution in [1.82, 2.24) is 10.4 Å². The van der Waals surface area contributed by atoms with Crippen molar-refractivity contribution in [1.29, 1.82) is 0 Å². The molecule has 1 amide bonds. The van der Waals surface area contributed by atoms with Gasteiger partial charge in [0.05, 0.1) is 23.4 Å². The Hall–Kier alpha value is -2.51. The molecule has 0 radical (unpaired) electrons. The zero-order valence-electron chi connectivity index (χ0n) is 15.8. The highest BCUT2D eigenvalue weighted by Crippen LogP contribution is 2.37. The second-order valence-corrected chi connectivity index (χ2v) is 7.52. The predicted octanol–water partition coefficient (Wildman–Crippen LogP) is 5.28. The number of fused-ring (bicyclic) bond motifs is 1. The fraction of sp³-hybridized carbons (Fsp3) is 0.300. The summed E-state index contributed by atoms with van der Waals surface area (Å²) in [5.41, 5.74) is 6.65. The summed E-state index contributed by atoms with van der Waals surface area (Å²) in [5.74, 6) is 1.03. The zero-order valence-corrected chi connectivity index (χ0v) is 17.3. The molecule has 0 atom stereocenters. The molecule has 2 aromatic carbocycles. The van der Waals surface area contributed by atoms with Crippen LogP contribution in [0.1, 0.15) is 36.5 Å². The zero-order chi connectivity index (χ0) is 19.9. The summed E-state index contributed by atoms with van der Waals surface area (Å²) < 4.78 is 11.8. The number of methoxy groups -OCH3 is 1. The van der Waals surface area contributed by atoms with Gasteiger partial charge in [0.15, 0.2) is 0 Å². The van der Waals surface area contributed by atoms with Crippen LogP contribution in [0.2, 0.25) is 5.02 Å². The molecule has 0 unspecified atom stereocenters. The smallest absolute Gasteiger partial charge is 0.269 e. The summed E-state index contributed by atoms with van der Waals surface area (Å²) >= 11 is 7.56. The van der Waals surface area contributed by atoms with Crippen molar-refractivity contribution in [3.63, 3.8) is 0 Å². The molecule has 8 heteroatoms. The molecule has 6 nitrogen and oxygen atoms in total. The van der Waals surface area contributed by atoms with Crippen LogP contribution < -0.4 is 20.3 Å². The Morgan fingerprint density at radius 2 is 2.11 bits per heavy atom. The SMILES string of the molecule is CCCCCOc1cccc(C(=O)NNc2nc3c(OC)ccc(Cl)c3s2)c1. The molecule has 28 heavy (non-hydrogen) atoms. The highest BCUT2D eigenvalue weighted by molar-refractivity contribution is 7.22. The number of ether oxygens (including phenoxy) is 2. The van der Waals surface area contributed by atoms with E-state index in [2.05, 4.69) is 22.8 Å². The number of nitrogens with zero attached hydrogens (tertiary/aromatic N) is 1. The lowest BCUT2D eigenvalue weighted by Crippen LogP contribution is -2.29. The summed E-state index contributed by atoms with van der Waals surface area (Å²) in [6, 6.07) is 10.6. The topological polar surface area (TPSA) is 72.5 Å². The molecule has 148 valence electrons. The van der Waals surface area contributed by atoms with Crippen molar-refractivity contribution in [3.05, 3.63) is 47.0 Å². The first-order valence-electron chi connectivity index (χ1n) is 9.04. The first-order chi connectivity index (χ1) is 13.6. The second-order valence-electron chi connectivity index (χ2n) is 6.11. The van der Waals surface area contributed by atoms with Crippen LogP contribution in [0.4, 0.5) is 5.13 Å². The molecule has 0 aliphatic carbocycles. The van der Waals surface area contributed by atoms with Gasteiger partial charge in [-0.1, -0.05) is 48.8 Å². The van der Waals surface area contributed by atoms with Gasteiger partial charge < -0.3 is 9.47 Å². The lowest BCUT2D eigenvalue weighted by Gasteiger charge is -2.09. The Morgan fingerprint density at radius 1 is 1.25 bits per heavy atom. The molecular formula is C20H22ClN3O3S. The van der Waals surface area contributed by atoms with Crippen LogP contribution in [0, 0.1) is 0 Å². The van der Waals surface area contributed by atoms with E-state index in [1.54, 1.807) is 37.4 Å². The number of nitrogens with one attached hydrogen (secondary N) is 2. The molecule has 0 bridgehead atoms. The van der Waals surface area contributed by atoms with E-state index in [1.807, 2.05) is 6.07 Å². The predicted molar refractivity (Wildman–Crippen MR) is 114 cm³/mol. The lowest BCUT2D eigenvalue weighted by atomic mass is 10.2. The standard InChI is InChI=1S/C20H22ClN3O3S/c1-3-4-5-11-27-14-8-6-7-13(12-14)19(25)23-24-20-22-17-16(26-2)10-9-15(21)18(17)28-20/h6-10,12H,3-5,11H2,1-2H3,(H,22,24)(H,23,25). The number of hydrogen-bond acceptors (Lipinski definition) is 6. The van der Waals surface area contributed by atoms with Gasteiger partial charge in [-0.25, -0.2) is 4.98 Å². The van der Waals surface area contributed by atoms with E-state index in [4.69, 9.17) is 21.1 Å². The molecule has 0 fully saturated rings. The van der Waals surface area contributed by atoms with Crippen molar-refractivity contribution in [2.45, 2.75) is 26.2 Å². The van der Waals surface area contributed by atoms with E-state index in [1.165, 1.54) is 11.3 Å². The number of rotatable bonds is 9. The minimum Gasteiger partial charge on any atom is -0.494 e. The van der Waals surface area contributed by atoms with Crippen molar-refractivity contribution in [2.75, 3.05) is 19.1 Å². The molecule has 0 spiro atoms. The average molecular weight is 420 g/mol. The number of hydrogen-bond donors (Lipinski definition) is 2. The summed E-state index contributed by atoms with van der Waals surface area (Å²) in [5, 5.41) is 1.10. The van der Waals surface area contributed by atoms with Gasteiger partial charge in [-0.3, -0.25) is 15.6 Å². The lowest BCUT2D eigenvalue weighted by molar-refractivity contribution is 0.0962. The van der Waals surface area contributed by atoms with Gasteiger partial charge in [-0.05, 0) is 36.8 Å². The van der Waals surface area contributed by atoms with Gasteiger partial charge in [-0.2, -0.15) is 0 Å². The number of aromatic nitrogens is 1. The van der Waals surface area contributed by atoms with Crippen LogP contribution >= 0.6 is 22.9 Å². The third-order valence-electron chi connectivity index (χ3n) is 4.07. The van der Waals surface area contributed by atoms with Crippen LogP contribution in [0.15, 0.2) is 36.4 Å². The van der Waals surface area contributed by atoms with Gasteiger partial charge in [0.25, 0.3) is 5.91 Å². The molecule has 1 aromatic heterocycles. The Bertz CT molecular complexity index is 961. The van der Waals surface area contributed by atoms with E-state index in [0.29, 0.717) is 39.3 Å². The maximum atomic E-state index is 12.4. The summed E-state index contributed by atoms with van der Waals surface area (Å²) in [4.78, 5) is 16.9. The number of unbranched alkanes of at least 4 members (excludes halogenated alkanes) is 2. The van der Waals surface area contributed by atoms with Crippen LogP contribution in [0.5, 0.6) is 11.5 Å². The molecule has 3 aromatic rings. The van der Waals surface area contributed by atoms with Gasteiger partial charge in [0.2, 0.25) is 5.13 Å². The molecule has 0 aliphatic heterocycles. The quantitative estimate of drug-likeness (QED) is 0.364. The monoisotopic (exact) mass is 419 g/mol. The number of halogens is 1. The van der Waals surface area contributed by atoms with E-state index in [-0.39, 0.29) is 5.91 Å². The normalized spacial score (nSPS) is 10.7. The Kier molecular flexibility index (Phi) is 6.95. The molecule has 1 heterocycles. The van der Waals surface area contributed by atoms with Crippen LogP contribution in [0.25, 0.3) is 10.2 Å². The number of carbonyl (C=O) groups excluding carboxylic acids is 1. The minimum atomic E-state index is -0.281. The molecular weight excluding hydrogens is 398 g/mol. The van der Waals surface area contributed by atoms with E-state index in [9.17, 15) is 4.79 Å². The van der Waals surface area contributed by atoms with Crippen LogP contribution in [-0.2, 0) is 0 Å². The van der Waals surface area contributed by atoms with Crippen LogP contribution in [0.3, 0.4) is 0 Å². The number of hydrazine groups is 1. The Labute approximate surface area is 172 Å². The Morgan fingerprint density at radius 3 is 2.89 bits per heavy atom. The molecule has 2 N–H and O–H groups in total. The summed E-state index contributed by atoms with van der Waals surface area (Å²) in [6.07, 6.45) is 3.26. The largest absolute Gasteiger partial charge is 0.494 e. The van der Waals surface area contributed by atoms with E-state index in [0.717, 1.165) is 24.0 Å². The minimum absolute atomic E-state index is 0.281. The fourth-order valence-corrected chi connectivity index (χ4v) is 3.73. The average Bonchev–Trinajstić information content (AvgIpc) is 3.15. The van der Waals surface area contributed by atoms with Gasteiger partial charge >= 0.3 is 0 Å². The number of anilines is 1. The maximum Gasteiger partial charge on any atom is 0.269 e. The highest BCUT2D eigenvalue weighted by Gasteiger charge is 2.13. The molecule has 0 aliphatic rings. The molecule has 3 rings (SSSR count). The van der Waals surface area contributed by atoms with Crippen molar-refractivity contribution in [3.8, 4) is 11.5 Å². The van der Waals surface area contributed by atoms with Crippen molar-refractivity contribution < 1.29 is 14.3 Å². The molecule has 0 saturated carbocycles. The number of amides is 1. The van der Waals surface area contributed by atoms with Gasteiger partial charge in [0, 0.05) is 5.56 Å². The van der Waals surface area contributed by atoms with E-state index >= 15 is 0 Å². The van der Waals surface area contributed by atoms with E-state index < -0.39 is 0 Å². The highest BCUT2D eigenvalue weighted by atomic mass is 35.5. The number of benzene rings is 2. The Balaban J connectivity index is 1.64.